The SMILES string of the molecule is CC1(C)CCCN1Cc1ccsc1C(=O)NN. The van der Waals surface area contributed by atoms with Crippen LogP contribution in [0.3, 0.4) is 0 Å². The number of hydrazine groups is 1. The molecule has 2 heterocycles. The van der Waals surface area contributed by atoms with Gasteiger partial charge in [0.15, 0.2) is 0 Å². The highest BCUT2D eigenvalue weighted by atomic mass is 32.1. The minimum Gasteiger partial charge on any atom is -0.294 e. The van der Waals surface area contributed by atoms with Crippen molar-refractivity contribution in [3.63, 3.8) is 0 Å². The third kappa shape index (κ3) is 2.51. The van der Waals surface area contributed by atoms with Crippen LogP contribution in [0.25, 0.3) is 0 Å². The second-order valence-electron chi connectivity index (χ2n) is 5.09. The van der Waals surface area contributed by atoms with Gasteiger partial charge in [-0.2, -0.15) is 0 Å². The maximum absolute atomic E-state index is 11.6. The Kier molecular flexibility index (Phi) is 3.51. The Morgan fingerprint density at radius 1 is 1.65 bits per heavy atom. The molecule has 1 fully saturated rings. The summed E-state index contributed by atoms with van der Waals surface area (Å²) in [5.41, 5.74) is 3.52. The van der Waals surface area contributed by atoms with Gasteiger partial charge in [-0.1, -0.05) is 0 Å². The zero-order chi connectivity index (χ0) is 12.5. The molecule has 1 aromatic rings. The van der Waals surface area contributed by atoms with Gasteiger partial charge in [0.25, 0.3) is 5.91 Å². The van der Waals surface area contributed by atoms with Crippen molar-refractivity contribution in [2.24, 2.45) is 5.84 Å². The molecule has 0 aromatic carbocycles. The molecule has 0 saturated carbocycles. The van der Waals surface area contributed by atoms with Crippen molar-refractivity contribution in [1.82, 2.24) is 10.3 Å². The molecule has 0 atom stereocenters. The van der Waals surface area contributed by atoms with Gasteiger partial charge in [-0.05, 0) is 50.2 Å². The number of nitrogen functional groups attached to an aromatic ring is 1. The topological polar surface area (TPSA) is 58.4 Å². The maximum atomic E-state index is 11.6. The number of likely N-dealkylation sites (tertiary alicyclic amines) is 1. The van der Waals surface area contributed by atoms with Gasteiger partial charge in [0.05, 0.1) is 4.88 Å². The van der Waals surface area contributed by atoms with Crippen molar-refractivity contribution in [3.05, 3.63) is 21.9 Å². The lowest BCUT2D eigenvalue weighted by Crippen LogP contribution is -2.38. The summed E-state index contributed by atoms with van der Waals surface area (Å²) in [7, 11) is 0. The molecule has 17 heavy (non-hydrogen) atoms. The van der Waals surface area contributed by atoms with Gasteiger partial charge in [0, 0.05) is 12.1 Å². The van der Waals surface area contributed by atoms with Crippen LogP contribution >= 0.6 is 11.3 Å². The van der Waals surface area contributed by atoms with Crippen molar-refractivity contribution in [1.29, 1.82) is 0 Å². The maximum Gasteiger partial charge on any atom is 0.275 e. The highest BCUT2D eigenvalue weighted by Crippen LogP contribution is 2.31. The van der Waals surface area contributed by atoms with Crippen LogP contribution in [0.1, 0.15) is 41.9 Å². The number of carbonyl (C=O) groups excluding carboxylic acids is 1. The van der Waals surface area contributed by atoms with Crippen LogP contribution in [0.15, 0.2) is 11.4 Å². The second-order valence-corrected chi connectivity index (χ2v) is 6.00. The molecule has 94 valence electrons. The van der Waals surface area contributed by atoms with Crippen molar-refractivity contribution < 1.29 is 4.79 Å². The van der Waals surface area contributed by atoms with E-state index in [1.807, 2.05) is 11.4 Å². The monoisotopic (exact) mass is 253 g/mol. The van der Waals surface area contributed by atoms with Crippen molar-refractivity contribution in [2.75, 3.05) is 6.54 Å². The molecule has 1 saturated heterocycles. The number of thiophene rings is 1. The molecule has 1 aliphatic rings. The lowest BCUT2D eigenvalue weighted by molar-refractivity contribution is 0.0954. The lowest BCUT2D eigenvalue weighted by Gasteiger charge is -2.31. The van der Waals surface area contributed by atoms with E-state index in [1.165, 1.54) is 24.2 Å². The molecule has 5 heteroatoms. The van der Waals surface area contributed by atoms with Crippen LogP contribution in [0.5, 0.6) is 0 Å². The summed E-state index contributed by atoms with van der Waals surface area (Å²) in [6.07, 6.45) is 2.45. The fourth-order valence-corrected chi connectivity index (χ4v) is 3.21. The van der Waals surface area contributed by atoms with E-state index in [-0.39, 0.29) is 11.4 Å². The largest absolute Gasteiger partial charge is 0.294 e. The molecule has 0 aliphatic carbocycles. The Morgan fingerprint density at radius 2 is 2.41 bits per heavy atom. The minimum atomic E-state index is -0.188. The molecule has 0 bridgehead atoms. The summed E-state index contributed by atoms with van der Waals surface area (Å²) in [5.74, 6) is 5.00. The lowest BCUT2D eigenvalue weighted by atomic mass is 10.0. The predicted octanol–water partition coefficient (Wildman–Crippen LogP) is 1.73. The fraction of sp³-hybridized carbons (Fsp3) is 0.583. The van der Waals surface area contributed by atoms with Crippen LogP contribution in [-0.4, -0.2) is 22.9 Å². The van der Waals surface area contributed by atoms with E-state index >= 15 is 0 Å². The minimum absolute atomic E-state index is 0.188. The number of nitrogens with two attached hydrogens (primary N) is 1. The number of rotatable bonds is 3. The third-order valence-corrected chi connectivity index (χ3v) is 4.47. The van der Waals surface area contributed by atoms with Gasteiger partial charge in [-0.25, -0.2) is 5.84 Å². The molecular weight excluding hydrogens is 234 g/mol. The summed E-state index contributed by atoms with van der Waals surface area (Å²) >= 11 is 1.45. The standard InChI is InChI=1S/C12H19N3OS/c1-12(2)5-3-6-15(12)8-9-4-7-17-10(9)11(16)14-13/h4,7H,3,5-6,8,13H2,1-2H3,(H,14,16). The molecule has 2 rings (SSSR count). The van der Waals surface area contributed by atoms with Crippen molar-refractivity contribution in [3.8, 4) is 0 Å². The summed E-state index contributed by atoms with van der Waals surface area (Å²) in [4.78, 5) is 14.8. The van der Waals surface area contributed by atoms with Crippen LogP contribution in [0, 0.1) is 0 Å². The number of nitrogens with zero attached hydrogens (tertiary/aromatic N) is 1. The average Bonchev–Trinajstić information content (AvgIpc) is 2.86. The van der Waals surface area contributed by atoms with Gasteiger partial charge in [-0.3, -0.25) is 15.1 Å². The van der Waals surface area contributed by atoms with Gasteiger partial charge in [0.1, 0.15) is 0 Å². The summed E-state index contributed by atoms with van der Waals surface area (Å²) in [5, 5.41) is 1.95. The highest BCUT2D eigenvalue weighted by molar-refractivity contribution is 7.12. The number of nitrogens with one attached hydrogen (secondary N) is 1. The molecule has 0 unspecified atom stereocenters. The third-order valence-electron chi connectivity index (χ3n) is 3.52. The van der Waals surface area contributed by atoms with E-state index in [4.69, 9.17) is 5.84 Å². The molecule has 0 spiro atoms. The number of hydrogen-bond donors (Lipinski definition) is 2. The normalized spacial score (nSPS) is 19.5. The van der Waals surface area contributed by atoms with Gasteiger partial charge in [0.2, 0.25) is 0 Å². The first-order valence-corrected chi connectivity index (χ1v) is 6.75. The number of carbonyl (C=O) groups is 1. The zero-order valence-electron chi connectivity index (χ0n) is 10.3. The second kappa shape index (κ2) is 4.76. The Balaban J connectivity index is 2.14. The van der Waals surface area contributed by atoms with E-state index in [0.717, 1.165) is 23.5 Å². The molecular formula is C12H19N3OS. The Labute approximate surface area is 106 Å². The molecule has 4 nitrogen and oxygen atoms in total. The molecule has 0 radical (unpaired) electrons. The summed E-state index contributed by atoms with van der Waals surface area (Å²) in [6.45, 7) is 6.45. The highest BCUT2D eigenvalue weighted by Gasteiger charge is 2.32. The number of hydrogen-bond acceptors (Lipinski definition) is 4. The van der Waals surface area contributed by atoms with E-state index in [1.54, 1.807) is 0 Å². The van der Waals surface area contributed by atoms with Gasteiger partial charge >= 0.3 is 0 Å². The van der Waals surface area contributed by atoms with Crippen LogP contribution < -0.4 is 11.3 Å². The van der Waals surface area contributed by atoms with E-state index in [2.05, 4.69) is 24.2 Å². The number of amides is 1. The summed E-state index contributed by atoms with van der Waals surface area (Å²) < 4.78 is 0. The van der Waals surface area contributed by atoms with Crippen LogP contribution in [-0.2, 0) is 6.54 Å². The Bertz CT molecular complexity index is 414. The first-order valence-electron chi connectivity index (χ1n) is 5.87. The van der Waals surface area contributed by atoms with E-state index < -0.39 is 0 Å². The smallest absolute Gasteiger partial charge is 0.275 e. The Hall–Kier alpha value is -0.910. The van der Waals surface area contributed by atoms with Gasteiger partial charge < -0.3 is 0 Å². The van der Waals surface area contributed by atoms with Crippen molar-refractivity contribution >= 4 is 17.2 Å². The molecule has 1 aliphatic heterocycles. The zero-order valence-corrected chi connectivity index (χ0v) is 11.1. The molecule has 1 aromatic heterocycles. The first-order chi connectivity index (χ1) is 8.04. The predicted molar refractivity (Wildman–Crippen MR) is 69.7 cm³/mol. The van der Waals surface area contributed by atoms with Crippen LogP contribution in [0.2, 0.25) is 0 Å². The van der Waals surface area contributed by atoms with Crippen molar-refractivity contribution in [2.45, 2.75) is 38.8 Å². The molecule has 1 amide bonds. The molecule has 3 N–H and O–H groups in total. The first kappa shape index (κ1) is 12.5. The van der Waals surface area contributed by atoms with E-state index in [0.29, 0.717) is 0 Å². The van der Waals surface area contributed by atoms with Gasteiger partial charge in [-0.15, -0.1) is 11.3 Å². The Morgan fingerprint density at radius 3 is 3.00 bits per heavy atom. The van der Waals surface area contributed by atoms with Crippen LogP contribution in [0.4, 0.5) is 0 Å². The fourth-order valence-electron chi connectivity index (χ4n) is 2.39. The average molecular weight is 253 g/mol. The quantitative estimate of drug-likeness (QED) is 0.490. The summed E-state index contributed by atoms with van der Waals surface area (Å²) in [6, 6.07) is 2.02. The van der Waals surface area contributed by atoms with E-state index in [9.17, 15) is 4.79 Å².